The van der Waals surface area contributed by atoms with E-state index < -0.39 is 0 Å². The summed E-state index contributed by atoms with van der Waals surface area (Å²) < 4.78 is 0. The number of rotatable bonds is 11. The Morgan fingerprint density at radius 2 is 1.12 bits per heavy atom. The Morgan fingerprint density at radius 1 is 0.654 bits per heavy atom. The number of unbranched alkanes of at least 4 members (excludes halogenated alkanes) is 6. The molecule has 0 heteroatoms. The third kappa shape index (κ3) is 65.3. The molecule has 26 heavy (non-hydrogen) atoms. The summed E-state index contributed by atoms with van der Waals surface area (Å²) in [5, 5.41) is 0. The summed E-state index contributed by atoms with van der Waals surface area (Å²) in [5.74, 6) is 0.889. The maximum Gasteiger partial charge on any atom is -0.0325 e. The van der Waals surface area contributed by atoms with Crippen LogP contribution >= 0.6 is 0 Å². The van der Waals surface area contributed by atoms with Crippen LogP contribution in [-0.2, 0) is 0 Å². The van der Waals surface area contributed by atoms with E-state index in [2.05, 4.69) is 73.8 Å². The standard InChI is InChI=1S/C15H30.C4H10.C3H8.C2H6.C2H4/c1-4-6-8-10-12-14-15(3)13-11-9-7-5-2;1-3-4-2;1-3-2;2*1-2/h9,11,15H,4-8,10,12-14H2,1-3H3;3-4H2,1-2H3;3H2,1-2H3;1-2H3;1-2H2/b11-9+;;;;/t15-;;;;/m0..../s1. The highest BCUT2D eigenvalue weighted by molar-refractivity contribution is 4.82. The average molecular weight is 371 g/mol. The molecule has 0 nitrogen and oxygen atoms in total. The van der Waals surface area contributed by atoms with Crippen LogP contribution in [0.15, 0.2) is 25.3 Å². The first-order valence-corrected chi connectivity index (χ1v) is 11.8. The molecule has 0 N–H and O–H groups in total. The molecular weight excluding hydrogens is 312 g/mol. The van der Waals surface area contributed by atoms with Gasteiger partial charge in [-0.1, -0.05) is 139 Å². The fourth-order valence-electron chi connectivity index (χ4n) is 1.83. The van der Waals surface area contributed by atoms with Crippen LogP contribution in [0.25, 0.3) is 0 Å². The van der Waals surface area contributed by atoms with E-state index in [1.165, 1.54) is 77.0 Å². The van der Waals surface area contributed by atoms with Gasteiger partial charge < -0.3 is 0 Å². The molecular formula is C26H58. The Labute approximate surface area is 171 Å². The van der Waals surface area contributed by atoms with Gasteiger partial charge in [-0.15, -0.1) is 13.2 Å². The van der Waals surface area contributed by atoms with Gasteiger partial charge in [-0.05, 0) is 18.8 Å². The first kappa shape index (κ1) is 36.4. The molecule has 0 aromatic heterocycles. The zero-order chi connectivity index (χ0) is 21.5. The molecule has 0 heterocycles. The first-order valence-electron chi connectivity index (χ1n) is 11.8. The van der Waals surface area contributed by atoms with Gasteiger partial charge in [-0.25, -0.2) is 0 Å². The molecule has 162 valence electrons. The van der Waals surface area contributed by atoms with E-state index in [0.29, 0.717) is 0 Å². The Hall–Kier alpha value is -0.520. The van der Waals surface area contributed by atoms with Gasteiger partial charge in [0.2, 0.25) is 0 Å². The largest absolute Gasteiger partial charge is 0.106 e. The summed E-state index contributed by atoms with van der Waals surface area (Å²) in [6.07, 6.45) is 20.9. The maximum absolute atomic E-state index is 3.00. The summed E-state index contributed by atoms with van der Waals surface area (Å²) in [6.45, 7) is 25.5. The molecule has 0 aliphatic carbocycles. The molecule has 0 unspecified atom stereocenters. The summed E-state index contributed by atoms with van der Waals surface area (Å²) in [4.78, 5) is 0. The van der Waals surface area contributed by atoms with E-state index in [1.54, 1.807) is 0 Å². The van der Waals surface area contributed by atoms with Crippen LogP contribution in [-0.4, -0.2) is 0 Å². The molecule has 0 aromatic rings. The molecule has 0 spiro atoms. The zero-order valence-electron chi connectivity index (χ0n) is 20.6. The van der Waals surface area contributed by atoms with Crippen LogP contribution in [0.4, 0.5) is 0 Å². The molecule has 0 rings (SSSR count). The van der Waals surface area contributed by atoms with Crippen molar-refractivity contribution in [3.8, 4) is 0 Å². The second kappa shape index (κ2) is 49.7. The molecule has 0 amide bonds. The number of hydrogen-bond donors (Lipinski definition) is 0. The van der Waals surface area contributed by atoms with Gasteiger partial charge in [0.25, 0.3) is 0 Å². The molecule has 0 radical (unpaired) electrons. The van der Waals surface area contributed by atoms with Gasteiger partial charge in [0.1, 0.15) is 0 Å². The SMILES string of the molecule is C=C.CC.CCC.CCC/C=C/C[C@H](C)CCCCCCC.CCCC. The lowest BCUT2D eigenvalue weighted by atomic mass is 9.99. The van der Waals surface area contributed by atoms with Crippen molar-refractivity contribution in [2.75, 3.05) is 0 Å². The van der Waals surface area contributed by atoms with Gasteiger partial charge >= 0.3 is 0 Å². The van der Waals surface area contributed by atoms with E-state index >= 15 is 0 Å². The summed E-state index contributed by atoms with van der Waals surface area (Å²) in [5.41, 5.74) is 0. The molecule has 0 bridgehead atoms. The second-order valence-corrected chi connectivity index (χ2v) is 6.51. The van der Waals surface area contributed by atoms with Gasteiger partial charge in [0.15, 0.2) is 0 Å². The Morgan fingerprint density at radius 3 is 1.50 bits per heavy atom. The first-order chi connectivity index (χ1) is 12.6. The van der Waals surface area contributed by atoms with Crippen molar-refractivity contribution in [2.45, 2.75) is 139 Å². The van der Waals surface area contributed by atoms with Crippen LogP contribution in [0, 0.1) is 5.92 Å². The Kier molecular flexibility index (Phi) is 69.6. The normalized spacial score (nSPS) is 10.0. The third-order valence-corrected chi connectivity index (χ3v) is 3.46. The lowest BCUT2D eigenvalue weighted by Crippen LogP contribution is -1.92. The summed E-state index contributed by atoms with van der Waals surface area (Å²) >= 11 is 0. The molecule has 0 saturated heterocycles. The number of hydrogen-bond acceptors (Lipinski definition) is 0. The highest BCUT2D eigenvalue weighted by Gasteiger charge is 1.98. The summed E-state index contributed by atoms with van der Waals surface area (Å²) in [7, 11) is 0. The molecule has 0 aliphatic heterocycles. The minimum atomic E-state index is 0.889. The van der Waals surface area contributed by atoms with E-state index in [1.807, 2.05) is 13.8 Å². The van der Waals surface area contributed by atoms with Gasteiger partial charge in [0, 0.05) is 0 Å². The summed E-state index contributed by atoms with van der Waals surface area (Å²) in [6, 6.07) is 0. The lowest BCUT2D eigenvalue weighted by molar-refractivity contribution is 0.489. The second-order valence-electron chi connectivity index (χ2n) is 6.51. The Balaban J connectivity index is -0.000000111. The minimum Gasteiger partial charge on any atom is -0.106 e. The molecule has 0 aromatic carbocycles. The lowest BCUT2D eigenvalue weighted by Gasteiger charge is -2.07. The Bertz CT molecular complexity index is 178. The molecule has 0 fully saturated rings. The topological polar surface area (TPSA) is 0 Å². The van der Waals surface area contributed by atoms with Crippen LogP contribution < -0.4 is 0 Å². The molecule has 0 saturated carbocycles. The monoisotopic (exact) mass is 370 g/mol. The fourth-order valence-corrected chi connectivity index (χ4v) is 1.83. The highest BCUT2D eigenvalue weighted by Crippen LogP contribution is 2.14. The fraction of sp³-hybridized carbons (Fsp3) is 0.846. The van der Waals surface area contributed by atoms with Crippen molar-refractivity contribution < 1.29 is 0 Å². The van der Waals surface area contributed by atoms with Crippen molar-refractivity contribution in [3.05, 3.63) is 25.3 Å². The van der Waals surface area contributed by atoms with Crippen LogP contribution in [0.2, 0.25) is 0 Å². The van der Waals surface area contributed by atoms with E-state index in [0.717, 1.165) is 5.92 Å². The van der Waals surface area contributed by atoms with Gasteiger partial charge in [0.05, 0.1) is 0 Å². The smallest absolute Gasteiger partial charge is 0.0325 e. The van der Waals surface area contributed by atoms with Crippen molar-refractivity contribution in [1.82, 2.24) is 0 Å². The van der Waals surface area contributed by atoms with Crippen LogP contribution in [0.3, 0.4) is 0 Å². The van der Waals surface area contributed by atoms with E-state index in [9.17, 15) is 0 Å². The zero-order valence-corrected chi connectivity index (χ0v) is 20.6. The van der Waals surface area contributed by atoms with Gasteiger partial charge in [-0.3, -0.25) is 0 Å². The van der Waals surface area contributed by atoms with Crippen molar-refractivity contribution in [3.63, 3.8) is 0 Å². The van der Waals surface area contributed by atoms with Crippen molar-refractivity contribution in [2.24, 2.45) is 5.92 Å². The van der Waals surface area contributed by atoms with Gasteiger partial charge in [-0.2, -0.15) is 0 Å². The van der Waals surface area contributed by atoms with Crippen LogP contribution in [0.1, 0.15) is 139 Å². The van der Waals surface area contributed by atoms with Crippen molar-refractivity contribution in [1.29, 1.82) is 0 Å². The highest BCUT2D eigenvalue weighted by atomic mass is 14.0. The van der Waals surface area contributed by atoms with E-state index in [-0.39, 0.29) is 0 Å². The third-order valence-electron chi connectivity index (χ3n) is 3.46. The predicted molar refractivity (Wildman–Crippen MR) is 130 cm³/mol. The molecule has 0 aliphatic rings. The quantitative estimate of drug-likeness (QED) is 0.250. The average Bonchev–Trinajstić information content (AvgIpc) is 2.69. The number of allylic oxidation sites excluding steroid dienone is 2. The van der Waals surface area contributed by atoms with Crippen molar-refractivity contribution >= 4 is 0 Å². The van der Waals surface area contributed by atoms with E-state index in [4.69, 9.17) is 0 Å². The molecule has 1 atom stereocenters. The maximum atomic E-state index is 3.00. The van der Waals surface area contributed by atoms with Crippen LogP contribution in [0.5, 0.6) is 0 Å². The minimum absolute atomic E-state index is 0.889. The predicted octanol–water partition coefficient (Wildman–Crippen LogP) is 10.8.